The van der Waals surface area contributed by atoms with Gasteiger partial charge in [-0.25, -0.2) is 0 Å². The molecular formula is C7H19SiY. The van der Waals surface area contributed by atoms with Crippen LogP contribution in [0.5, 0.6) is 0 Å². The zero-order valence-corrected chi connectivity index (χ0v) is 10.0. The first-order valence-electron chi connectivity index (χ1n) is 3.18. The molecule has 0 aliphatic heterocycles. The number of rotatable bonds is 3. The third-order valence-corrected chi connectivity index (χ3v) is 4.50. The minimum atomic E-state index is 0. The van der Waals surface area contributed by atoms with E-state index in [1.54, 1.807) is 0 Å². The molecule has 0 fully saturated rings. The molecule has 0 aromatic heterocycles. The van der Waals surface area contributed by atoms with Gasteiger partial charge in [0.2, 0.25) is 0 Å². The second-order valence-electron chi connectivity index (χ2n) is 1.81. The van der Waals surface area contributed by atoms with Crippen molar-refractivity contribution in [3.63, 3.8) is 0 Å². The maximum atomic E-state index is 2.31. The van der Waals surface area contributed by atoms with E-state index >= 15 is 0 Å². The van der Waals surface area contributed by atoms with E-state index < -0.39 is 0 Å². The van der Waals surface area contributed by atoms with Crippen molar-refractivity contribution in [2.75, 3.05) is 0 Å². The van der Waals surface area contributed by atoms with Gasteiger partial charge in [0.1, 0.15) is 0 Å². The van der Waals surface area contributed by atoms with E-state index in [1.165, 1.54) is 18.1 Å². The average Bonchev–Trinajstić information content (AvgIpc) is 1.72. The fourth-order valence-electron chi connectivity index (χ4n) is 0.750. The molecule has 0 bridgehead atoms. The van der Waals surface area contributed by atoms with Crippen LogP contribution in [0.15, 0.2) is 0 Å². The molecule has 0 saturated carbocycles. The molecule has 0 saturated heterocycles. The maximum absolute atomic E-state index is 2.31. The summed E-state index contributed by atoms with van der Waals surface area (Å²) in [6, 6.07) is 4.37. The fraction of sp³-hybridized carbons (Fsp3) is 1.00. The van der Waals surface area contributed by atoms with Gasteiger partial charge in [-0.2, -0.15) is 0 Å². The molecule has 0 rings (SSSR count). The van der Waals surface area contributed by atoms with Crippen LogP contribution in [0.2, 0.25) is 18.1 Å². The molecule has 0 aliphatic carbocycles. The summed E-state index contributed by atoms with van der Waals surface area (Å²) in [4.78, 5) is 0. The summed E-state index contributed by atoms with van der Waals surface area (Å²) in [5.41, 5.74) is 0. The second-order valence-corrected chi connectivity index (χ2v) is 5.43. The quantitative estimate of drug-likeness (QED) is 0.641. The van der Waals surface area contributed by atoms with E-state index in [9.17, 15) is 0 Å². The zero-order chi connectivity index (χ0) is 5.70. The Morgan fingerprint density at radius 3 is 1.11 bits per heavy atom. The third kappa shape index (κ3) is 9.32. The molecule has 2 heteroatoms. The topological polar surface area (TPSA) is 0 Å². The van der Waals surface area contributed by atoms with Crippen molar-refractivity contribution >= 4 is 8.80 Å². The van der Waals surface area contributed by atoms with Gasteiger partial charge in [0.05, 0.1) is 0 Å². The molecule has 54 valence electrons. The monoisotopic (exact) mass is 220 g/mol. The van der Waals surface area contributed by atoms with Gasteiger partial charge in [0, 0.05) is 41.5 Å². The summed E-state index contributed by atoms with van der Waals surface area (Å²) in [5.74, 6) is 0. The van der Waals surface area contributed by atoms with Crippen LogP contribution in [0.3, 0.4) is 0 Å². The van der Waals surface area contributed by atoms with Crippen molar-refractivity contribution < 1.29 is 32.7 Å². The van der Waals surface area contributed by atoms with Crippen molar-refractivity contribution in [1.82, 2.24) is 0 Å². The smallest absolute Gasteiger partial charge is 0.0470 e. The molecule has 9 heavy (non-hydrogen) atoms. The Hall–Kier alpha value is 1.32. The normalized spacial score (nSPS) is 8.00. The first kappa shape index (κ1) is 16.7. The Labute approximate surface area is 87.3 Å². The molecule has 0 aliphatic rings. The van der Waals surface area contributed by atoms with Gasteiger partial charge in [-0.15, -0.1) is 0 Å². The molecule has 2 radical (unpaired) electrons. The Balaban J connectivity index is -0.000000180. The fourth-order valence-corrected chi connectivity index (χ4v) is 2.25. The van der Waals surface area contributed by atoms with E-state index in [1.807, 2.05) is 0 Å². The summed E-state index contributed by atoms with van der Waals surface area (Å²) in [6.07, 6.45) is 0. The Bertz CT molecular complexity index is 30.4. The van der Waals surface area contributed by atoms with Crippen molar-refractivity contribution in [2.24, 2.45) is 0 Å². The molecule has 0 unspecified atom stereocenters. The molecule has 0 heterocycles. The summed E-state index contributed by atoms with van der Waals surface area (Å²) in [5, 5.41) is 0. The van der Waals surface area contributed by atoms with Crippen LogP contribution in [-0.4, -0.2) is 8.80 Å². The van der Waals surface area contributed by atoms with Crippen LogP contribution < -0.4 is 0 Å². The predicted molar refractivity (Wildman–Crippen MR) is 43.9 cm³/mol. The molecule has 0 aromatic rings. The summed E-state index contributed by atoms with van der Waals surface area (Å²) < 4.78 is 0. The van der Waals surface area contributed by atoms with Crippen LogP contribution in [-0.2, 0) is 32.7 Å². The maximum Gasteiger partial charge on any atom is 0.0470 e. The summed E-state index contributed by atoms with van der Waals surface area (Å²) in [6.45, 7) is 6.92. The number of hydrogen-bond donors (Lipinski definition) is 0. The average molecular weight is 220 g/mol. The van der Waals surface area contributed by atoms with Gasteiger partial charge in [0.25, 0.3) is 0 Å². The predicted octanol–water partition coefficient (Wildman–Crippen LogP) is 3.17. The van der Waals surface area contributed by atoms with Crippen LogP contribution >= 0.6 is 0 Å². The first-order chi connectivity index (χ1) is 3.35. The SMILES string of the molecule is C.CC[Si](CC)CC.[Y]. The molecule has 0 spiro atoms. The molecule has 0 atom stereocenters. The minimum Gasteiger partial charge on any atom is -0.0776 e. The van der Waals surface area contributed by atoms with E-state index in [2.05, 4.69) is 20.8 Å². The van der Waals surface area contributed by atoms with Gasteiger partial charge in [-0.1, -0.05) is 46.3 Å². The largest absolute Gasteiger partial charge is 0.0776 e. The summed E-state index contributed by atoms with van der Waals surface area (Å²) in [7, 11) is 0.137. The Kier molecular flexibility index (Phi) is 22.4. The van der Waals surface area contributed by atoms with E-state index in [-0.39, 0.29) is 48.9 Å². The van der Waals surface area contributed by atoms with Crippen LogP contribution in [0, 0.1) is 0 Å². The zero-order valence-electron chi connectivity index (χ0n) is 6.20. The van der Waals surface area contributed by atoms with Gasteiger partial charge < -0.3 is 0 Å². The van der Waals surface area contributed by atoms with Gasteiger partial charge >= 0.3 is 0 Å². The van der Waals surface area contributed by atoms with Crippen LogP contribution in [0.25, 0.3) is 0 Å². The van der Waals surface area contributed by atoms with Crippen molar-refractivity contribution in [3.8, 4) is 0 Å². The number of hydrogen-bond acceptors (Lipinski definition) is 0. The van der Waals surface area contributed by atoms with E-state index in [4.69, 9.17) is 0 Å². The minimum absolute atomic E-state index is 0. The molecular weight excluding hydrogens is 201 g/mol. The van der Waals surface area contributed by atoms with Gasteiger partial charge in [0.15, 0.2) is 0 Å². The van der Waals surface area contributed by atoms with Crippen LogP contribution in [0.4, 0.5) is 0 Å². The van der Waals surface area contributed by atoms with Gasteiger partial charge in [-0.3, -0.25) is 0 Å². The Morgan fingerprint density at radius 2 is 1.11 bits per heavy atom. The molecule has 0 nitrogen and oxygen atoms in total. The summed E-state index contributed by atoms with van der Waals surface area (Å²) >= 11 is 0. The first-order valence-corrected chi connectivity index (χ1v) is 5.30. The molecule has 0 N–H and O–H groups in total. The van der Waals surface area contributed by atoms with Crippen molar-refractivity contribution in [3.05, 3.63) is 0 Å². The van der Waals surface area contributed by atoms with E-state index in [0.717, 1.165) is 0 Å². The van der Waals surface area contributed by atoms with Crippen molar-refractivity contribution in [1.29, 1.82) is 0 Å². The van der Waals surface area contributed by atoms with E-state index in [0.29, 0.717) is 0 Å². The van der Waals surface area contributed by atoms with Crippen molar-refractivity contribution in [2.45, 2.75) is 46.3 Å². The molecule has 0 aromatic carbocycles. The third-order valence-electron chi connectivity index (χ3n) is 1.50. The second kappa shape index (κ2) is 12.0. The van der Waals surface area contributed by atoms with Gasteiger partial charge in [-0.05, 0) is 0 Å². The Morgan fingerprint density at radius 1 is 0.889 bits per heavy atom. The standard InChI is InChI=1S/C6H15Si.CH4.Y/c1-4-7(5-2)6-3;;/h4-6H2,1-3H3;1H4;. The van der Waals surface area contributed by atoms with Crippen LogP contribution in [0.1, 0.15) is 28.2 Å². The molecule has 0 amide bonds.